The highest BCUT2D eigenvalue weighted by atomic mass is 16.6. The monoisotopic (exact) mass is 413 g/mol. The van der Waals surface area contributed by atoms with E-state index in [2.05, 4.69) is 33.1 Å². The van der Waals surface area contributed by atoms with E-state index in [0.29, 0.717) is 24.1 Å². The van der Waals surface area contributed by atoms with Crippen LogP contribution in [0.4, 0.5) is 11.5 Å². The van der Waals surface area contributed by atoms with E-state index in [1.807, 2.05) is 30.4 Å². The van der Waals surface area contributed by atoms with Crippen LogP contribution in [0.15, 0.2) is 60.7 Å². The summed E-state index contributed by atoms with van der Waals surface area (Å²) in [5, 5.41) is 12.9. The molecule has 0 spiro atoms. The molecule has 4 aromatic rings. The third-order valence-corrected chi connectivity index (χ3v) is 5.49. The normalized spacial score (nSPS) is 14.5. The van der Waals surface area contributed by atoms with Gasteiger partial charge < -0.3 is 4.74 Å². The maximum Gasteiger partial charge on any atom is 0.282 e. The lowest BCUT2D eigenvalue weighted by Gasteiger charge is -2.22. The molecule has 31 heavy (non-hydrogen) atoms. The first-order chi connectivity index (χ1) is 15.2. The zero-order valence-corrected chi connectivity index (χ0v) is 16.8. The Morgan fingerprint density at radius 2 is 1.87 bits per heavy atom. The van der Waals surface area contributed by atoms with Crippen molar-refractivity contribution in [3.8, 4) is 0 Å². The quantitative estimate of drug-likeness (QED) is 0.371. The van der Waals surface area contributed by atoms with Crippen molar-refractivity contribution in [3.05, 3.63) is 82.0 Å². The summed E-state index contributed by atoms with van der Waals surface area (Å²) in [6, 6.07) is 18.9. The van der Waals surface area contributed by atoms with Gasteiger partial charge >= 0.3 is 0 Å². The summed E-state index contributed by atoms with van der Waals surface area (Å²) in [6.45, 7) is 3.06. The molecule has 0 unspecified atom stereocenters. The molecule has 1 fully saturated rings. The Balaban J connectivity index is 1.55. The summed E-state index contributed by atoms with van der Waals surface area (Å²) in [4.78, 5) is 21.4. The summed E-state index contributed by atoms with van der Waals surface area (Å²) in [6.07, 6.45) is 3.99. The van der Waals surface area contributed by atoms with Crippen molar-refractivity contribution in [1.29, 1.82) is 0 Å². The van der Waals surface area contributed by atoms with E-state index in [4.69, 9.17) is 4.74 Å². The van der Waals surface area contributed by atoms with Crippen molar-refractivity contribution >= 4 is 45.5 Å². The molecule has 2 aromatic heterocycles. The predicted molar refractivity (Wildman–Crippen MR) is 121 cm³/mol. The summed E-state index contributed by atoms with van der Waals surface area (Å²) in [5.41, 5.74) is 3.56. The maximum atomic E-state index is 11.3. The first kappa shape index (κ1) is 19.1. The number of ether oxygens (including phenoxy) is 1. The van der Waals surface area contributed by atoms with E-state index < -0.39 is 0 Å². The zero-order chi connectivity index (χ0) is 21.2. The minimum atomic E-state index is -0.376. The predicted octanol–water partition coefficient (Wildman–Crippen LogP) is 4.12. The first-order valence-corrected chi connectivity index (χ1v) is 10.2. The van der Waals surface area contributed by atoms with E-state index in [9.17, 15) is 10.1 Å². The van der Waals surface area contributed by atoms with Crippen molar-refractivity contribution in [2.45, 2.75) is 0 Å². The van der Waals surface area contributed by atoms with Crippen LogP contribution >= 0.6 is 0 Å². The van der Waals surface area contributed by atoms with E-state index in [1.54, 1.807) is 18.2 Å². The third-order valence-electron chi connectivity index (χ3n) is 5.49. The van der Waals surface area contributed by atoms with Gasteiger partial charge in [0.1, 0.15) is 18.6 Å². The number of fused-ring (bicyclic) bond motifs is 2. The number of pyridine rings is 2. The van der Waals surface area contributed by atoms with Crippen LogP contribution in [0.5, 0.6) is 0 Å². The highest BCUT2D eigenvalue weighted by molar-refractivity contribution is 5.89. The lowest BCUT2D eigenvalue weighted by atomic mass is 10.1. The molecule has 1 aliphatic heterocycles. The zero-order valence-electron chi connectivity index (χ0n) is 16.8. The lowest BCUT2D eigenvalue weighted by Crippen LogP contribution is -2.40. The van der Waals surface area contributed by atoms with Gasteiger partial charge in [0.05, 0.1) is 40.3 Å². The SMILES string of the molecule is O=[N+]([O-])c1cccc2nc(/C=C/c3cc4ccccc4[nH+]c3N3CCOCC3)ccc12. The number of morpholine rings is 1. The molecule has 0 aliphatic carbocycles. The molecular formula is C24H21N4O3+. The summed E-state index contributed by atoms with van der Waals surface area (Å²) in [5.74, 6) is 1.05. The molecule has 0 amide bonds. The number of nitrogens with one attached hydrogen (secondary N) is 1. The number of rotatable bonds is 4. The topological polar surface area (TPSA) is 82.6 Å². The number of nitrogens with zero attached hydrogens (tertiary/aromatic N) is 3. The van der Waals surface area contributed by atoms with Gasteiger partial charge in [-0.25, -0.2) is 9.97 Å². The summed E-state index contributed by atoms with van der Waals surface area (Å²) in [7, 11) is 0. The Hall–Kier alpha value is -3.84. The highest BCUT2D eigenvalue weighted by Gasteiger charge is 2.23. The van der Waals surface area contributed by atoms with Gasteiger partial charge in [-0.05, 0) is 42.5 Å². The fourth-order valence-corrected chi connectivity index (χ4v) is 3.93. The smallest absolute Gasteiger partial charge is 0.282 e. The Labute approximate surface area is 178 Å². The number of nitro benzene ring substituents is 1. The fraction of sp³-hybridized carbons (Fsp3) is 0.167. The minimum Gasteiger partial charge on any atom is -0.373 e. The Kier molecular flexibility index (Phi) is 5.01. The van der Waals surface area contributed by atoms with Crippen molar-refractivity contribution < 1.29 is 14.6 Å². The average Bonchev–Trinajstić information content (AvgIpc) is 2.82. The summed E-state index contributed by atoms with van der Waals surface area (Å²) < 4.78 is 5.51. The van der Waals surface area contributed by atoms with Crippen LogP contribution in [0.3, 0.4) is 0 Å². The Bertz CT molecular complexity index is 1310. The second kappa shape index (κ2) is 8.12. The van der Waals surface area contributed by atoms with Crippen LogP contribution in [-0.2, 0) is 4.74 Å². The van der Waals surface area contributed by atoms with Gasteiger partial charge in [-0.1, -0.05) is 24.3 Å². The second-order valence-electron chi connectivity index (χ2n) is 7.43. The molecule has 3 heterocycles. The highest BCUT2D eigenvalue weighted by Crippen LogP contribution is 2.26. The molecule has 154 valence electrons. The van der Waals surface area contributed by atoms with Gasteiger partial charge in [-0.2, -0.15) is 0 Å². The standard InChI is InChI=1S/C24H20N4O3/c29-28(30)23-7-3-6-22-20(23)11-10-19(25-22)9-8-18-16-17-4-1-2-5-21(17)26-24(18)27-12-14-31-15-13-27/h1-11,16H,12-15H2/p+1/b9-8+. The maximum absolute atomic E-state index is 11.3. The number of H-pyrrole nitrogens is 1. The fourth-order valence-electron chi connectivity index (χ4n) is 3.93. The van der Waals surface area contributed by atoms with Crippen LogP contribution < -0.4 is 9.88 Å². The van der Waals surface area contributed by atoms with Crippen LogP contribution in [0.2, 0.25) is 0 Å². The lowest BCUT2D eigenvalue weighted by molar-refractivity contribution is -0.383. The van der Waals surface area contributed by atoms with Gasteiger partial charge in [0.2, 0.25) is 0 Å². The number of hydrogen-bond donors (Lipinski definition) is 0. The van der Waals surface area contributed by atoms with Crippen LogP contribution in [-0.4, -0.2) is 36.2 Å². The van der Waals surface area contributed by atoms with Crippen LogP contribution in [0.25, 0.3) is 34.0 Å². The van der Waals surface area contributed by atoms with Crippen molar-refractivity contribution in [2.75, 3.05) is 31.2 Å². The Morgan fingerprint density at radius 1 is 1.03 bits per heavy atom. The van der Waals surface area contributed by atoms with Crippen molar-refractivity contribution in [1.82, 2.24) is 4.98 Å². The molecule has 2 aromatic carbocycles. The number of nitro groups is 1. The Morgan fingerprint density at radius 3 is 2.71 bits per heavy atom. The van der Waals surface area contributed by atoms with E-state index in [-0.39, 0.29) is 10.6 Å². The number of aromatic nitrogens is 2. The molecule has 1 N–H and O–H groups in total. The molecule has 0 saturated carbocycles. The number of benzene rings is 2. The number of non-ortho nitro benzene ring substituents is 1. The molecule has 0 atom stereocenters. The second-order valence-corrected chi connectivity index (χ2v) is 7.43. The van der Waals surface area contributed by atoms with E-state index in [1.165, 1.54) is 6.07 Å². The van der Waals surface area contributed by atoms with Crippen molar-refractivity contribution in [3.63, 3.8) is 0 Å². The van der Waals surface area contributed by atoms with Crippen LogP contribution in [0, 0.1) is 10.1 Å². The number of aromatic amines is 1. The van der Waals surface area contributed by atoms with Gasteiger partial charge in [0, 0.05) is 11.5 Å². The summed E-state index contributed by atoms with van der Waals surface area (Å²) >= 11 is 0. The van der Waals surface area contributed by atoms with Gasteiger partial charge in [0.15, 0.2) is 0 Å². The molecule has 7 nitrogen and oxygen atoms in total. The number of para-hydroxylation sites is 1. The molecule has 1 saturated heterocycles. The first-order valence-electron chi connectivity index (χ1n) is 10.2. The molecule has 1 aliphatic rings. The average molecular weight is 413 g/mol. The van der Waals surface area contributed by atoms with Gasteiger partial charge in [0.25, 0.3) is 11.5 Å². The molecule has 0 radical (unpaired) electrons. The van der Waals surface area contributed by atoms with E-state index in [0.717, 1.165) is 41.1 Å². The minimum absolute atomic E-state index is 0.0688. The van der Waals surface area contributed by atoms with Gasteiger partial charge in [-0.3, -0.25) is 15.0 Å². The van der Waals surface area contributed by atoms with Crippen molar-refractivity contribution in [2.24, 2.45) is 0 Å². The molecular weight excluding hydrogens is 392 g/mol. The van der Waals surface area contributed by atoms with Crippen LogP contribution in [0.1, 0.15) is 11.3 Å². The number of anilines is 1. The van der Waals surface area contributed by atoms with E-state index >= 15 is 0 Å². The largest absolute Gasteiger partial charge is 0.373 e. The number of hydrogen-bond acceptors (Lipinski definition) is 5. The molecule has 0 bridgehead atoms. The molecule has 7 heteroatoms. The molecule has 5 rings (SSSR count). The third kappa shape index (κ3) is 3.83. The van der Waals surface area contributed by atoms with Gasteiger partial charge in [-0.15, -0.1) is 0 Å².